The zero-order chi connectivity index (χ0) is 19.7. The molecule has 28 heavy (non-hydrogen) atoms. The van der Waals surface area contributed by atoms with Gasteiger partial charge >= 0.3 is 5.63 Å². The molecule has 4 aromatic rings. The summed E-state index contributed by atoms with van der Waals surface area (Å²) >= 11 is 13.7. The number of fused-ring (bicyclic) bond motifs is 1. The van der Waals surface area contributed by atoms with Crippen LogP contribution in [-0.2, 0) is 12.2 Å². The van der Waals surface area contributed by atoms with Crippen molar-refractivity contribution in [2.45, 2.75) is 24.3 Å². The summed E-state index contributed by atoms with van der Waals surface area (Å²) in [7, 11) is 0. The van der Waals surface area contributed by atoms with E-state index in [1.54, 1.807) is 12.1 Å². The average molecular weight is 433 g/mol. The van der Waals surface area contributed by atoms with Crippen molar-refractivity contribution in [2.75, 3.05) is 0 Å². The van der Waals surface area contributed by atoms with Crippen molar-refractivity contribution in [3.63, 3.8) is 0 Å². The van der Waals surface area contributed by atoms with E-state index in [0.29, 0.717) is 32.5 Å². The Balaban J connectivity index is 1.61. The van der Waals surface area contributed by atoms with E-state index in [1.807, 2.05) is 31.2 Å². The topological polar surface area (TPSA) is 69.1 Å². The summed E-state index contributed by atoms with van der Waals surface area (Å²) in [5.41, 5.74) is 2.59. The molecule has 0 fully saturated rings. The molecule has 0 unspecified atom stereocenters. The first-order valence-corrected chi connectivity index (χ1v) is 10.2. The monoisotopic (exact) mass is 432 g/mol. The SMILES string of the molecule is CCc1cc2oc(=O)cc(CSc3nnc(-c4cccc(Cl)c4)o3)c2cc1Cl. The number of nitrogens with zero attached hydrogens (tertiary/aromatic N) is 2. The van der Waals surface area contributed by atoms with Crippen LogP contribution < -0.4 is 5.63 Å². The number of benzene rings is 2. The Morgan fingerprint density at radius 1 is 1.04 bits per heavy atom. The number of rotatable bonds is 5. The zero-order valence-electron chi connectivity index (χ0n) is 14.7. The first kappa shape index (κ1) is 19.1. The van der Waals surface area contributed by atoms with Gasteiger partial charge in [-0.25, -0.2) is 4.79 Å². The molecule has 4 rings (SSSR count). The summed E-state index contributed by atoms with van der Waals surface area (Å²) in [5, 5.41) is 10.6. The van der Waals surface area contributed by atoms with Crippen molar-refractivity contribution >= 4 is 45.9 Å². The van der Waals surface area contributed by atoms with Gasteiger partial charge in [0, 0.05) is 32.8 Å². The molecular weight excluding hydrogens is 419 g/mol. The van der Waals surface area contributed by atoms with Crippen molar-refractivity contribution in [3.8, 4) is 11.5 Å². The predicted molar refractivity (Wildman–Crippen MR) is 111 cm³/mol. The molecule has 0 spiro atoms. The number of hydrogen-bond donors (Lipinski definition) is 0. The molecule has 0 bridgehead atoms. The third kappa shape index (κ3) is 3.94. The van der Waals surface area contributed by atoms with Gasteiger partial charge in [0.15, 0.2) is 0 Å². The minimum Gasteiger partial charge on any atom is -0.423 e. The van der Waals surface area contributed by atoms with Crippen LogP contribution in [0.5, 0.6) is 0 Å². The van der Waals surface area contributed by atoms with Gasteiger partial charge in [0.05, 0.1) is 0 Å². The lowest BCUT2D eigenvalue weighted by Gasteiger charge is -2.07. The highest BCUT2D eigenvalue weighted by atomic mass is 35.5. The Kier molecular flexibility index (Phi) is 5.44. The minimum absolute atomic E-state index is 0.387. The molecular formula is C20H14Cl2N2O3S. The van der Waals surface area contributed by atoms with Crippen LogP contribution in [0.25, 0.3) is 22.4 Å². The molecule has 5 nitrogen and oxygen atoms in total. The molecule has 0 saturated carbocycles. The van der Waals surface area contributed by atoms with E-state index in [4.69, 9.17) is 32.0 Å². The highest BCUT2D eigenvalue weighted by Gasteiger charge is 2.13. The molecule has 2 aromatic heterocycles. The summed E-state index contributed by atoms with van der Waals surface area (Å²) in [6.07, 6.45) is 0.756. The van der Waals surface area contributed by atoms with Gasteiger partial charge < -0.3 is 8.83 Å². The van der Waals surface area contributed by atoms with Gasteiger partial charge in [0.1, 0.15) is 5.58 Å². The normalized spacial score (nSPS) is 11.2. The largest absolute Gasteiger partial charge is 0.423 e. The number of thioether (sulfide) groups is 1. The van der Waals surface area contributed by atoms with E-state index in [0.717, 1.165) is 28.5 Å². The maximum absolute atomic E-state index is 11.9. The van der Waals surface area contributed by atoms with E-state index in [1.165, 1.54) is 17.8 Å². The predicted octanol–water partition coefficient (Wildman–Crippen LogP) is 6.00. The molecule has 0 aliphatic rings. The highest BCUT2D eigenvalue weighted by Crippen LogP contribution is 2.31. The summed E-state index contributed by atoms with van der Waals surface area (Å²) in [4.78, 5) is 11.9. The van der Waals surface area contributed by atoms with Gasteiger partial charge in [-0.05, 0) is 47.9 Å². The summed E-state index contributed by atoms with van der Waals surface area (Å²) in [5.74, 6) is 0.847. The van der Waals surface area contributed by atoms with Crippen LogP contribution in [0.2, 0.25) is 10.0 Å². The zero-order valence-corrected chi connectivity index (χ0v) is 17.1. The first-order valence-electron chi connectivity index (χ1n) is 8.51. The van der Waals surface area contributed by atoms with Crippen molar-refractivity contribution in [3.05, 3.63) is 74.1 Å². The summed E-state index contributed by atoms with van der Waals surface area (Å²) < 4.78 is 11.0. The van der Waals surface area contributed by atoms with Crippen LogP contribution in [-0.4, -0.2) is 10.2 Å². The molecule has 0 atom stereocenters. The molecule has 0 radical (unpaired) electrons. The van der Waals surface area contributed by atoms with Crippen molar-refractivity contribution in [1.29, 1.82) is 0 Å². The van der Waals surface area contributed by atoms with Gasteiger partial charge in [0.25, 0.3) is 5.22 Å². The molecule has 2 heterocycles. The molecule has 2 aromatic carbocycles. The third-order valence-electron chi connectivity index (χ3n) is 4.21. The lowest BCUT2D eigenvalue weighted by atomic mass is 10.1. The summed E-state index contributed by atoms with van der Waals surface area (Å²) in [6, 6.07) is 12.3. The minimum atomic E-state index is -0.405. The van der Waals surface area contributed by atoms with Gasteiger partial charge in [-0.15, -0.1) is 10.2 Å². The van der Waals surface area contributed by atoms with E-state index in [9.17, 15) is 4.79 Å². The van der Waals surface area contributed by atoms with Gasteiger partial charge in [0.2, 0.25) is 5.89 Å². The van der Waals surface area contributed by atoms with Gasteiger partial charge in [-0.2, -0.15) is 0 Å². The quantitative estimate of drug-likeness (QED) is 0.284. The van der Waals surface area contributed by atoms with Crippen LogP contribution >= 0.6 is 35.0 Å². The van der Waals surface area contributed by atoms with E-state index in [-0.39, 0.29) is 0 Å². The number of aromatic nitrogens is 2. The molecule has 0 amide bonds. The molecule has 0 aliphatic carbocycles. The van der Waals surface area contributed by atoms with E-state index in [2.05, 4.69) is 10.2 Å². The van der Waals surface area contributed by atoms with Gasteiger partial charge in [-0.3, -0.25) is 0 Å². The lowest BCUT2D eigenvalue weighted by molar-refractivity contribution is 0.466. The fourth-order valence-electron chi connectivity index (χ4n) is 2.82. The summed E-state index contributed by atoms with van der Waals surface area (Å²) in [6.45, 7) is 2.00. The number of halogens is 2. The second kappa shape index (κ2) is 7.99. The van der Waals surface area contributed by atoms with Crippen molar-refractivity contribution < 1.29 is 8.83 Å². The van der Waals surface area contributed by atoms with E-state index >= 15 is 0 Å². The molecule has 142 valence electrons. The van der Waals surface area contributed by atoms with Crippen LogP contribution in [0.1, 0.15) is 18.1 Å². The van der Waals surface area contributed by atoms with Crippen molar-refractivity contribution in [2.24, 2.45) is 0 Å². The molecule has 0 aliphatic heterocycles. The number of aryl methyl sites for hydroxylation is 1. The second-order valence-corrected chi connectivity index (χ2v) is 7.83. The first-order chi connectivity index (χ1) is 13.5. The number of hydrogen-bond acceptors (Lipinski definition) is 6. The van der Waals surface area contributed by atoms with E-state index < -0.39 is 5.63 Å². The van der Waals surface area contributed by atoms with Crippen LogP contribution in [0.3, 0.4) is 0 Å². The Hall–Kier alpha value is -2.28. The average Bonchev–Trinajstić information content (AvgIpc) is 3.15. The third-order valence-corrected chi connectivity index (χ3v) is 5.66. The Labute approximate surface area is 174 Å². The van der Waals surface area contributed by atoms with Crippen LogP contribution in [0.15, 0.2) is 61.3 Å². The smallest absolute Gasteiger partial charge is 0.336 e. The fourth-order valence-corrected chi connectivity index (χ4v) is 4.07. The second-order valence-electron chi connectivity index (χ2n) is 6.06. The molecule has 0 saturated heterocycles. The fraction of sp³-hybridized carbons (Fsp3) is 0.150. The highest BCUT2D eigenvalue weighted by molar-refractivity contribution is 7.98. The van der Waals surface area contributed by atoms with Crippen LogP contribution in [0.4, 0.5) is 0 Å². The maximum atomic E-state index is 11.9. The van der Waals surface area contributed by atoms with Crippen molar-refractivity contribution in [1.82, 2.24) is 10.2 Å². The molecule has 8 heteroatoms. The standard InChI is InChI=1S/C20H14Cl2N2O3S/c1-2-11-7-17-15(9-16(11)22)13(8-18(25)26-17)10-28-20-24-23-19(27-20)12-4-3-5-14(21)6-12/h3-9H,2,10H2,1H3. The Bertz CT molecular complexity index is 1220. The Morgan fingerprint density at radius 2 is 1.89 bits per heavy atom. The molecule has 0 N–H and O–H groups in total. The maximum Gasteiger partial charge on any atom is 0.336 e. The lowest BCUT2D eigenvalue weighted by Crippen LogP contribution is -2.00. The Morgan fingerprint density at radius 3 is 2.68 bits per heavy atom. The van der Waals surface area contributed by atoms with Crippen LogP contribution in [0, 0.1) is 0 Å². The van der Waals surface area contributed by atoms with Gasteiger partial charge in [-0.1, -0.05) is 48.0 Å².